The molecule has 4 heteroatoms. The Morgan fingerprint density at radius 1 is 1.47 bits per heavy atom. The van der Waals surface area contributed by atoms with Crippen LogP contribution in [0.4, 0.5) is 5.82 Å². The molecule has 0 spiro atoms. The highest BCUT2D eigenvalue weighted by molar-refractivity contribution is 5.49. The first-order valence-electron chi connectivity index (χ1n) is 6.60. The molecule has 1 aliphatic rings. The molecule has 1 saturated carbocycles. The lowest BCUT2D eigenvalue weighted by molar-refractivity contribution is 0.679. The van der Waals surface area contributed by atoms with Gasteiger partial charge in [0.2, 0.25) is 0 Å². The maximum atomic E-state index is 4.55. The van der Waals surface area contributed by atoms with Gasteiger partial charge in [0.05, 0.1) is 5.69 Å². The van der Waals surface area contributed by atoms with Gasteiger partial charge in [-0.1, -0.05) is 6.92 Å². The monoisotopic (exact) mass is 236 g/mol. The van der Waals surface area contributed by atoms with E-state index in [1.807, 2.05) is 11.7 Å². The lowest BCUT2D eigenvalue weighted by Crippen LogP contribution is -2.24. The number of nitrogens with zero attached hydrogens (tertiary/aromatic N) is 3. The molecule has 96 valence electrons. The normalized spacial score (nSPS) is 15.3. The molecule has 0 aromatic carbocycles. The van der Waals surface area contributed by atoms with Gasteiger partial charge in [0.25, 0.3) is 0 Å². The molecule has 0 saturated heterocycles. The summed E-state index contributed by atoms with van der Waals surface area (Å²) in [5.41, 5.74) is 2.51. The Morgan fingerprint density at radius 3 is 2.76 bits per heavy atom. The van der Waals surface area contributed by atoms with Crippen molar-refractivity contribution in [3.05, 3.63) is 11.3 Å². The van der Waals surface area contributed by atoms with Crippen LogP contribution >= 0.6 is 0 Å². The van der Waals surface area contributed by atoms with Crippen molar-refractivity contribution in [3.63, 3.8) is 0 Å². The summed E-state index contributed by atoms with van der Waals surface area (Å²) in [7, 11) is 4.19. The summed E-state index contributed by atoms with van der Waals surface area (Å²) >= 11 is 0. The number of nitrogens with one attached hydrogen (secondary N) is 1. The molecule has 0 amide bonds. The molecule has 1 aromatic heterocycles. The third-order valence-corrected chi connectivity index (χ3v) is 3.38. The molecule has 0 radical (unpaired) electrons. The molecule has 1 fully saturated rings. The van der Waals surface area contributed by atoms with Crippen molar-refractivity contribution in [2.75, 3.05) is 18.5 Å². The first-order chi connectivity index (χ1) is 8.13. The number of hydrogen-bond acceptors (Lipinski definition) is 3. The zero-order chi connectivity index (χ0) is 12.4. The summed E-state index contributed by atoms with van der Waals surface area (Å²) < 4.78 is 2.01. The van der Waals surface area contributed by atoms with E-state index in [0.29, 0.717) is 0 Å². The number of hydrogen-bond donors (Lipinski definition) is 1. The summed E-state index contributed by atoms with van der Waals surface area (Å²) in [5, 5.41) is 8.13. The third kappa shape index (κ3) is 2.80. The molecule has 0 bridgehead atoms. The van der Waals surface area contributed by atoms with Gasteiger partial charge in [-0.3, -0.25) is 4.68 Å². The molecule has 4 nitrogen and oxygen atoms in total. The zero-order valence-corrected chi connectivity index (χ0v) is 11.5. The van der Waals surface area contributed by atoms with E-state index < -0.39 is 0 Å². The van der Waals surface area contributed by atoms with Gasteiger partial charge in [0, 0.05) is 38.8 Å². The van der Waals surface area contributed by atoms with E-state index in [-0.39, 0.29) is 0 Å². The van der Waals surface area contributed by atoms with Crippen LogP contribution in [-0.2, 0) is 13.6 Å². The van der Waals surface area contributed by atoms with E-state index in [4.69, 9.17) is 0 Å². The summed E-state index contributed by atoms with van der Waals surface area (Å²) in [6.07, 6.45) is 3.83. The van der Waals surface area contributed by atoms with Gasteiger partial charge < -0.3 is 10.2 Å². The summed E-state index contributed by atoms with van der Waals surface area (Å²) in [4.78, 5) is 2.31. The molecule has 0 aliphatic heterocycles. The topological polar surface area (TPSA) is 33.1 Å². The molecule has 0 atom stereocenters. The smallest absolute Gasteiger partial charge is 0.131 e. The Morgan fingerprint density at radius 2 is 2.18 bits per heavy atom. The van der Waals surface area contributed by atoms with Crippen LogP contribution in [0.5, 0.6) is 0 Å². The van der Waals surface area contributed by atoms with Crippen LogP contribution in [0.25, 0.3) is 0 Å². The van der Waals surface area contributed by atoms with Crippen molar-refractivity contribution < 1.29 is 0 Å². The Hall–Kier alpha value is -1.03. The average Bonchev–Trinajstić information content (AvgIpc) is 3.03. The van der Waals surface area contributed by atoms with E-state index in [2.05, 4.69) is 36.2 Å². The van der Waals surface area contributed by atoms with Crippen LogP contribution in [0.2, 0.25) is 0 Å². The number of anilines is 1. The molecule has 1 aromatic rings. The van der Waals surface area contributed by atoms with Crippen LogP contribution in [0, 0.1) is 6.92 Å². The second-order valence-electron chi connectivity index (χ2n) is 5.09. The fourth-order valence-electron chi connectivity index (χ4n) is 2.35. The first kappa shape index (κ1) is 12.4. The summed E-state index contributed by atoms with van der Waals surface area (Å²) in [6, 6.07) is 0.749. The maximum absolute atomic E-state index is 4.55. The predicted octanol–water partition coefficient (Wildman–Crippen LogP) is 1.83. The van der Waals surface area contributed by atoms with Crippen molar-refractivity contribution in [2.24, 2.45) is 7.05 Å². The minimum absolute atomic E-state index is 0.749. The van der Waals surface area contributed by atoms with Crippen molar-refractivity contribution in [1.29, 1.82) is 0 Å². The summed E-state index contributed by atoms with van der Waals surface area (Å²) in [6.45, 7) is 6.35. The van der Waals surface area contributed by atoms with E-state index in [1.165, 1.54) is 24.2 Å². The van der Waals surface area contributed by atoms with Crippen LogP contribution < -0.4 is 10.2 Å². The van der Waals surface area contributed by atoms with Crippen LogP contribution in [0.3, 0.4) is 0 Å². The van der Waals surface area contributed by atoms with E-state index in [9.17, 15) is 0 Å². The highest BCUT2D eigenvalue weighted by atomic mass is 15.4. The van der Waals surface area contributed by atoms with Crippen LogP contribution in [0.1, 0.15) is 37.4 Å². The zero-order valence-electron chi connectivity index (χ0n) is 11.5. The molecule has 1 aliphatic carbocycles. The lowest BCUT2D eigenvalue weighted by Gasteiger charge is -2.20. The van der Waals surface area contributed by atoms with Crippen LogP contribution in [0.15, 0.2) is 0 Å². The van der Waals surface area contributed by atoms with Gasteiger partial charge in [-0.2, -0.15) is 5.10 Å². The van der Waals surface area contributed by atoms with Gasteiger partial charge in [-0.25, -0.2) is 0 Å². The van der Waals surface area contributed by atoms with Gasteiger partial charge in [0.15, 0.2) is 0 Å². The number of aromatic nitrogens is 2. The fraction of sp³-hybridized carbons (Fsp3) is 0.769. The molecular weight excluding hydrogens is 212 g/mol. The molecular formula is C13H24N4. The molecule has 0 unspecified atom stereocenters. The molecule has 2 rings (SSSR count). The van der Waals surface area contributed by atoms with E-state index in [0.717, 1.165) is 31.2 Å². The minimum Gasteiger partial charge on any atom is -0.360 e. The van der Waals surface area contributed by atoms with Crippen molar-refractivity contribution in [2.45, 2.75) is 45.7 Å². The van der Waals surface area contributed by atoms with E-state index in [1.54, 1.807) is 0 Å². The Bertz CT molecular complexity index is 379. The van der Waals surface area contributed by atoms with E-state index >= 15 is 0 Å². The maximum Gasteiger partial charge on any atom is 0.131 e. The second kappa shape index (κ2) is 5.08. The molecule has 1 N–H and O–H groups in total. The fourth-order valence-corrected chi connectivity index (χ4v) is 2.35. The van der Waals surface area contributed by atoms with Crippen molar-refractivity contribution in [1.82, 2.24) is 15.1 Å². The highest BCUT2D eigenvalue weighted by Crippen LogP contribution is 2.25. The number of aryl methyl sites for hydroxylation is 2. The first-order valence-corrected chi connectivity index (χ1v) is 6.60. The Balaban J connectivity index is 2.15. The minimum atomic E-state index is 0.749. The van der Waals surface area contributed by atoms with Gasteiger partial charge in [-0.15, -0.1) is 0 Å². The third-order valence-electron chi connectivity index (χ3n) is 3.38. The predicted molar refractivity (Wildman–Crippen MR) is 71.4 cm³/mol. The van der Waals surface area contributed by atoms with Crippen LogP contribution in [-0.4, -0.2) is 29.4 Å². The lowest BCUT2D eigenvalue weighted by atomic mass is 10.2. The van der Waals surface area contributed by atoms with Gasteiger partial charge in [0.1, 0.15) is 5.82 Å². The molecule has 1 heterocycles. The SMILES string of the molecule is CCCN(C)c1c(CNC2CC2)c(C)nn1C. The standard InChI is InChI=1S/C13H24N4/c1-5-8-16(3)13-12(9-14-11-6-7-11)10(2)15-17(13)4/h11,14H,5-9H2,1-4H3. The number of rotatable bonds is 6. The van der Waals surface area contributed by atoms with Crippen molar-refractivity contribution in [3.8, 4) is 0 Å². The Kier molecular flexibility index (Phi) is 3.72. The highest BCUT2D eigenvalue weighted by Gasteiger charge is 2.23. The van der Waals surface area contributed by atoms with Gasteiger partial charge >= 0.3 is 0 Å². The largest absolute Gasteiger partial charge is 0.360 e. The quantitative estimate of drug-likeness (QED) is 0.818. The Labute approximate surface area is 104 Å². The average molecular weight is 236 g/mol. The second-order valence-corrected chi connectivity index (χ2v) is 5.09. The van der Waals surface area contributed by atoms with Gasteiger partial charge in [-0.05, 0) is 26.2 Å². The summed E-state index contributed by atoms with van der Waals surface area (Å²) in [5.74, 6) is 1.26. The molecule has 17 heavy (non-hydrogen) atoms. The van der Waals surface area contributed by atoms with Crippen molar-refractivity contribution >= 4 is 5.82 Å².